The smallest absolute Gasteiger partial charge is 0.256 e. The summed E-state index contributed by atoms with van der Waals surface area (Å²) >= 11 is 3.32. The molecule has 1 N–H and O–H groups in total. The molecule has 2 aromatic carbocycles. The molecule has 3 aromatic rings. The molecule has 0 atom stereocenters. The quantitative estimate of drug-likeness (QED) is 0.626. The molecule has 0 spiro atoms. The van der Waals surface area contributed by atoms with Crippen LogP contribution in [0.25, 0.3) is 0 Å². The van der Waals surface area contributed by atoms with Gasteiger partial charge in [-0.05, 0) is 41.8 Å². The highest BCUT2D eigenvalue weighted by molar-refractivity contribution is 7.98. The zero-order valence-corrected chi connectivity index (χ0v) is 13.8. The number of anilines is 1. The van der Waals surface area contributed by atoms with Gasteiger partial charge in [0.1, 0.15) is 5.82 Å². The Kier molecular flexibility index (Phi) is 5.10. The zero-order chi connectivity index (χ0) is 16.1. The van der Waals surface area contributed by atoms with E-state index in [2.05, 4.69) is 11.4 Å². The lowest BCUT2D eigenvalue weighted by atomic mass is 10.2. The van der Waals surface area contributed by atoms with Crippen LogP contribution in [0.5, 0.6) is 0 Å². The maximum atomic E-state index is 13.2. The highest BCUT2D eigenvalue weighted by Gasteiger charge is 2.12. The summed E-state index contributed by atoms with van der Waals surface area (Å²) in [4.78, 5) is 14.6. The fourth-order valence-corrected chi connectivity index (χ4v) is 3.91. The van der Waals surface area contributed by atoms with Crippen molar-refractivity contribution in [1.82, 2.24) is 0 Å². The number of benzene rings is 2. The Labute approximate surface area is 142 Å². The number of carbonyl (C=O) groups excluding carboxylic acids is 1. The minimum Gasteiger partial charge on any atom is -0.322 e. The molecular weight excluding hydrogens is 329 g/mol. The highest BCUT2D eigenvalue weighted by atomic mass is 32.2. The lowest BCUT2D eigenvalue weighted by Crippen LogP contribution is -2.13. The van der Waals surface area contributed by atoms with Crippen molar-refractivity contribution < 1.29 is 9.18 Å². The topological polar surface area (TPSA) is 29.1 Å². The van der Waals surface area contributed by atoms with E-state index in [9.17, 15) is 9.18 Å². The van der Waals surface area contributed by atoms with Gasteiger partial charge in [-0.3, -0.25) is 4.79 Å². The summed E-state index contributed by atoms with van der Waals surface area (Å²) in [6, 6.07) is 17.4. The van der Waals surface area contributed by atoms with Gasteiger partial charge in [0.05, 0.1) is 5.56 Å². The fraction of sp³-hybridized carbons (Fsp3) is 0.0556. The maximum absolute atomic E-state index is 13.2. The Morgan fingerprint density at radius 2 is 1.96 bits per heavy atom. The minimum atomic E-state index is -0.372. The van der Waals surface area contributed by atoms with Gasteiger partial charge in [0.25, 0.3) is 5.91 Å². The van der Waals surface area contributed by atoms with E-state index in [0.29, 0.717) is 11.3 Å². The van der Waals surface area contributed by atoms with Crippen LogP contribution in [0.3, 0.4) is 0 Å². The molecule has 2 nitrogen and oxygen atoms in total. The van der Waals surface area contributed by atoms with Crippen molar-refractivity contribution >= 4 is 34.7 Å². The summed E-state index contributed by atoms with van der Waals surface area (Å²) in [6.45, 7) is 0. The molecule has 0 saturated heterocycles. The predicted octanol–water partition coefficient (Wildman–Crippen LogP) is 5.43. The maximum Gasteiger partial charge on any atom is 0.256 e. The molecule has 1 aromatic heterocycles. The molecule has 5 heteroatoms. The van der Waals surface area contributed by atoms with Crippen molar-refractivity contribution in [2.24, 2.45) is 0 Å². The van der Waals surface area contributed by atoms with Gasteiger partial charge in [-0.15, -0.1) is 23.1 Å². The largest absolute Gasteiger partial charge is 0.322 e. The van der Waals surface area contributed by atoms with E-state index in [4.69, 9.17) is 0 Å². The van der Waals surface area contributed by atoms with Gasteiger partial charge in [-0.2, -0.15) is 0 Å². The van der Waals surface area contributed by atoms with Crippen LogP contribution in [-0.4, -0.2) is 5.91 Å². The van der Waals surface area contributed by atoms with E-state index in [-0.39, 0.29) is 11.7 Å². The summed E-state index contributed by atoms with van der Waals surface area (Å²) in [5.41, 5.74) is 1.05. The first-order valence-corrected chi connectivity index (χ1v) is 8.90. The van der Waals surface area contributed by atoms with Crippen LogP contribution in [0.2, 0.25) is 0 Å². The summed E-state index contributed by atoms with van der Waals surface area (Å²) in [7, 11) is 0. The van der Waals surface area contributed by atoms with E-state index in [1.54, 1.807) is 41.3 Å². The second-order valence-electron chi connectivity index (χ2n) is 4.83. The lowest BCUT2D eigenvalue weighted by Gasteiger charge is -2.09. The molecule has 1 heterocycles. The van der Waals surface area contributed by atoms with Gasteiger partial charge in [-0.25, -0.2) is 4.39 Å². The number of thiophene rings is 1. The van der Waals surface area contributed by atoms with E-state index < -0.39 is 0 Å². The molecule has 0 aliphatic rings. The monoisotopic (exact) mass is 343 g/mol. The Balaban J connectivity index is 1.75. The first-order chi connectivity index (χ1) is 11.2. The van der Waals surface area contributed by atoms with Crippen LogP contribution >= 0.6 is 23.1 Å². The number of rotatable bonds is 5. The molecule has 0 unspecified atom stereocenters. The average Bonchev–Trinajstić information content (AvgIpc) is 3.06. The molecule has 23 heavy (non-hydrogen) atoms. The zero-order valence-electron chi connectivity index (χ0n) is 12.2. The first-order valence-electron chi connectivity index (χ1n) is 7.03. The molecule has 0 saturated carbocycles. The van der Waals surface area contributed by atoms with Gasteiger partial charge in [-0.1, -0.05) is 24.3 Å². The number of hydrogen-bond donors (Lipinski definition) is 1. The van der Waals surface area contributed by atoms with Gasteiger partial charge in [0.2, 0.25) is 0 Å². The van der Waals surface area contributed by atoms with Crippen LogP contribution < -0.4 is 5.32 Å². The average molecular weight is 343 g/mol. The molecule has 0 aliphatic heterocycles. The normalized spacial score (nSPS) is 10.5. The fourth-order valence-electron chi connectivity index (χ4n) is 2.09. The van der Waals surface area contributed by atoms with Crippen LogP contribution in [0.4, 0.5) is 10.1 Å². The Morgan fingerprint density at radius 3 is 2.74 bits per heavy atom. The van der Waals surface area contributed by atoms with Crippen molar-refractivity contribution in [1.29, 1.82) is 0 Å². The SMILES string of the molecule is O=C(Nc1cccc(F)c1)c1ccccc1SCc1cccs1. The molecule has 0 fully saturated rings. The van der Waals surface area contributed by atoms with E-state index in [0.717, 1.165) is 10.6 Å². The van der Waals surface area contributed by atoms with Crippen molar-refractivity contribution in [3.05, 3.63) is 82.3 Å². The predicted molar refractivity (Wildman–Crippen MR) is 94.7 cm³/mol. The third-order valence-corrected chi connectivity index (χ3v) is 5.35. The number of hydrogen-bond acceptors (Lipinski definition) is 3. The van der Waals surface area contributed by atoms with Gasteiger partial charge >= 0.3 is 0 Å². The van der Waals surface area contributed by atoms with Crippen LogP contribution in [0.15, 0.2) is 70.9 Å². The van der Waals surface area contributed by atoms with E-state index >= 15 is 0 Å². The van der Waals surface area contributed by atoms with E-state index in [1.807, 2.05) is 29.6 Å². The summed E-state index contributed by atoms with van der Waals surface area (Å²) in [5, 5.41) is 4.78. The van der Waals surface area contributed by atoms with Crippen molar-refractivity contribution in [2.45, 2.75) is 10.6 Å². The molecule has 0 bridgehead atoms. The number of amides is 1. The molecule has 1 amide bonds. The van der Waals surface area contributed by atoms with Crippen molar-refractivity contribution in [2.75, 3.05) is 5.32 Å². The second-order valence-corrected chi connectivity index (χ2v) is 6.88. The number of thioether (sulfide) groups is 1. The van der Waals surface area contributed by atoms with Crippen molar-refractivity contribution in [3.8, 4) is 0 Å². The van der Waals surface area contributed by atoms with Gasteiger partial charge < -0.3 is 5.32 Å². The Hall–Kier alpha value is -2.11. The third kappa shape index (κ3) is 4.21. The number of carbonyl (C=O) groups is 1. The second kappa shape index (κ2) is 7.44. The highest BCUT2D eigenvalue weighted by Crippen LogP contribution is 2.28. The lowest BCUT2D eigenvalue weighted by molar-refractivity contribution is 0.102. The van der Waals surface area contributed by atoms with Crippen LogP contribution in [0.1, 0.15) is 15.2 Å². The number of nitrogens with one attached hydrogen (secondary N) is 1. The van der Waals surface area contributed by atoms with E-state index in [1.165, 1.54) is 17.0 Å². The van der Waals surface area contributed by atoms with Crippen LogP contribution in [-0.2, 0) is 5.75 Å². The van der Waals surface area contributed by atoms with Gasteiger partial charge in [0.15, 0.2) is 0 Å². The molecule has 3 rings (SSSR count). The number of halogens is 1. The summed E-state index contributed by atoms with van der Waals surface area (Å²) in [5.74, 6) is 0.218. The standard InChI is InChI=1S/C18H14FNOS2/c19-13-5-3-6-14(11-13)20-18(21)16-8-1-2-9-17(16)23-12-15-7-4-10-22-15/h1-11H,12H2,(H,20,21). The van der Waals surface area contributed by atoms with Crippen molar-refractivity contribution in [3.63, 3.8) is 0 Å². The molecular formula is C18H14FNOS2. The van der Waals surface area contributed by atoms with Crippen LogP contribution in [0, 0.1) is 5.82 Å². The summed E-state index contributed by atoms with van der Waals surface area (Å²) < 4.78 is 13.2. The molecule has 116 valence electrons. The third-order valence-electron chi connectivity index (χ3n) is 3.16. The Morgan fingerprint density at radius 1 is 1.09 bits per heavy atom. The molecule has 0 aliphatic carbocycles. The minimum absolute atomic E-state index is 0.232. The van der Waals surface area contributed by atoms with Gasteiger partial charge in [0, 0.05) is 21.2 Å². The first kappa shape index (κ1) is 15.8. The molecule has 0 radical (unpaired) electrons. The Bertz CT molecular complexity index is 802. The summed E-state index contributed by atoms with van der Waals surface area (Å²) in [6.07, 6.45) is 0.